The Morgan fingerprint density at radius 1 is 0.960 bits per heavy atom. The lowest BCUT2D eigenvalue weighted by atomic mass is 10.0. The van der Waals surface area contributed by atoms with Gasteiger partial charge in [0.2, 0.25) is 0 Å². The van der Waals surface area contributed by atoms with E-state index in [1.54, 1.807) is 0 Å². The fourth-order valence-corrected chi connectivity index (χ4v) is 2.70. The second kappa shape index (κ2) is 10.5. The van der Waals surface area contributed by atoms with Crippen molar-refractivity contribution in [1.82, 2.24) is 4.90 Å². The summed E-state index contributed by atoms with van der Waals surface area (Å²) in [7, 11) is 0. The molecule has 25 heavy (non-hydrogen) atoms. The Labute approximate surface area is 150 Å². The van der Waals surface area contributed by atoms with Gasteiger partial charge in [0, 0.05) is 12.2 Å². The number of rotatable bonds is 9. The molecule has 0 radical (unpaired) electrons. The van der Waals surface area contributed by atoms with Gasteiger partial charge >= 0.3 is 6.09 Å². The van der Waals surface area contributed by atoms with Crippen LogP contribution in [-0.4, -0.2) is 37.2 Å². The molecule has 0 spiro atoms. The number of hydrogen-bond donors (Lipinski definition) is 1. The second-order valence-electron chi connectivity index (χ2n) is 5.97. The molecule has 0 aliphatic rings. The molecule has 2 rings (SSSR count). The van der Waals surface area contributed by atoms with Crippen LogP contribution in [0.3, 0.4) is 0 Å². The number of hydrogen-bond acceptors (Lipinski definition) is 3. The molecule has 0 unspecified atom stereocenters. The minimum atomic E-state index is -0.396. The number of carbonyl (C=O) groups is 1. The van der Waals surface area contributed by atoms with Gasteiger partial charge in [0.1, 0.15) is 6.61 Å². The third-order valence-corrected chi connectivity index (χ3v) is 4.25. The summed E-state index contributed by atoms with van der Waals surface area (Å²) in [4.78, 5) is 14.1. The van der Waals surface area contributed by atoms with Crippen molar-refractivity contribution in [3.63, 3.8) is 0 Å². The first kappa shape index (κ1) is 19.0. The third kappa shape index (κ3) is 6.98. The van der Waals surface area contributed by atoms with E-state index in [0.717, 1.165) is 38.2 Å². The summed E-state index contributed by atoms with van der Waals surface area (Å²) in [6, 6.07) is 18.4. The van der Waals surface area contributed by atoms with Gasteiger partial charge in [-0.15, -0.1) is 0 Å². The number of amides is 1. The highest BCUT2D eigenvalue weighted by Gasteiger charge is 2.06. The molecular weight excluding hydrogens is 312 g/mol. The highest BCUT2D eigenvalue weighted by Crippen LogP contribution is 2.13. The van der Waals surface area contributed by atoms with Crippen molar-refractivity contribution in [2.45, 2.75) is 26.7 Å². The monoisotopic (exact) mass is 340 g/mol. The van der Waals surface area contributed by atoms with E-state index in [1.807, 2.05) is 24.3 Å². The Kier molecular flexibility index (Phi) is 7.99. The molecular formula is C21H28N2O2. The number of benzene rings is 2. The molecule has 0 bridgehead atoms. The van der Waals surface area contributed by atoms with Gasteiger partial charge in [-0.3, -0.25) is 5.32 Å². The lowest BCUT2D eigenvalue weighted by Crippen LogP contribution is -2.28. The van der Waals surface area contributed by atoms with Crippen molar-refractivity contribution in [3.8, 4) is 0 Å². The summed E-state index contributed by atoms with van der Waals surface area (Å²) in [5.74, 6) is 0. The summed E-state index contributed by atoms with van der Waals surface area (Å²) in [5.41, 5.74) is 3.29. The molecule has 1 amide bonds. The Morgan fingerprint density at radius 3 is 2.36 bits per heavy atom. The number of nitrogens with zero attached hydrogens (tertiary/aromatic N) is 1. The van der Waals surface area contributed by atoms with Crippen LogP contribution in [-0.2, 0) is 17.6 Å². The zero-order chi connectivity index (χ0) is 17.9. The summed E-state index contributed by atoms with van der Waals surface area (Å²) in [6.07, 6.45) is 1.53. The van der Waals surface area contributed by atoms with Crippen LogP contribution in [0.5, 0.6) is 0 Å². The molecule has 134 valence electrons. The maximum Gasteiger partial charge on any atom is 0.411 e. The molecule has 2 aromatic carbocycles. The first-order valence-corrected chi connectivity index (χ1v) is 9.00. The summed E-state index contributed by atoms with van der Waals surface area (Å²) >= 11 is 0. The largest absolute Gasteiger partial charge is 0.448 e. The Bertz CT molecular complexity index is 639. The van der Waals surface area contributed by atoms with Crippen LogP contribution >= 0.6 is 0 Å². The average Bonchev–Trinajstić information content (AvgIpc) is 2.65. The van der Waals surface area contributed by atoms with Crippen molar-refractivity contribution in [3.05, 3.63) is 65.7 Å². The van der Waals surface area contributed by atoms with Crippen LogP contribution in [0.4, 0.5) is 10.5 Å². The molecule has 2 aromatic rings. The first-order valence-electron chi connectivity index (χ1n) is 9.00. The van der Waals surface area contributed by atoms with E-state index >= 15 is 0 Å². The Morgan fingerprint density at radius 2 is 1.64 bits per heavy atom. The number of nitrogens with one attached hydrogen (secondary N) is 1. The molecule has 0 fully saturated rings. The molecule has 0 aliphatic heterocycles. The van der Waals surface area contributed by atoms with Crippen molar-refractivity contribution in [2.75, 3.05) is 31.6 Å². The van der Waals surface area contributed by atoms with Crippen molar-refractivity contribution in [1.29, 1.82) is 0 Å². The van der Waals surface area contributed by atoms with Gasteiger partial charge in [0.25, 0.3) is 0 Å². The van der Waals surface area contributed by atoms with Crippen molar-refractivity contribution in [2.24, 2.45) is 0 Å². The van der Waals surface area contributed by atoms with E-state index < -0.39 is 6.09 Å². The van der Waals surface area contributed by atoms with Gasteiger partial charge in [-0.25, -0.2) is 4.79 Å². The molecule has 0 saturated heterocycles. The minimum Gasteiger partial charge on any atom is -0.448 e. The predicted octanol–water partition coefficient (Wildman–Crippen LogP) is 4.36. The van der Waals surface area contributed by atoms with E-state index in [9.17, 15) is 4.79 Å². The van der Waals surface area contributed by atoms with Crippen LogP contribution in [0, 0.1) is 0 Å². The molecule has 0 aromatic heterocycles. The fraction of sp³-hybridized carbons (Fsp3) is 0.381. The zero-order valence-electron chi connectivity index (χ0n) is 15.2. The topological polar surface area (TPSA) is 41.6 Å². The summed E-state index contributed by atoms with van der Waals surface area (Å²) < 4.78 is 5.26. The predicted molar refractivity (Wildman–Crippen MR) is 103 cm³/mol. The maximum atomic E-state index is 11.9. The molecule has 1 N–H and O–H groups in total. The standard InChI is InChI=1S/C21H28N2O2/c1-3-23(4-2)15-16-25-21(24)22-20-12-8-11-19(17-20)14-13-18-9-6-5-7-10-18/h5-12,17H,3-4,13-16H2,1-2H3,(H,22,24). The smallest absolute Gasteiger partial charge is 0.411 e. The van der Waals surface area contributed by atoms with Crippen molar-refractivity contribution >= 4 is 11.8 Å². The van der Waals surface area contributed by atoms with E-state index in [-0.39, 0.29) is 0 Å². The lowest BCUT2D eigenvalue weighted by molar-refractivity contribution is 0.142. The number of anilines is 1. The molecule has 4 nitrogen and oxygen atoms in total. The molecule has 0 aliphatic carbocycles. The van der Waals surface area contributed by atoms with Gasteiger partial charge in [-0.05, 0) is 49.2 Å². The van der Waals surface area contributed by atoms with E-state index in [0.29, 0.717) is 6.61 Å². The number of likely N-dealkylation sites (N-methyl/N-ethyl adjacent to an activating group) is 1. The lowest BCUT2D eigenvalue weighted by Gasteiger charge is -2.17. The van der Waals surface area contributed by atoms with E-state index in [2.05, 4.69) is 54.4 Å². The van der Waals surface area contributed by atoms with Crippen LogP contribution in [0.25, 0.3) is 0 Å². The zero-order valence-corrected chi connectivity index (χ0v) is 15.2. The minimum absolute atomic E-state index is 0.396. The van der Waals surface area contributed by atoms with Crippen LogP contribution in [0.1, 0.15) is 25.0 Å². The van der Waals surface area contributed by atoms with Gasteiger partial charge in [0.05, 0.1) is 0 Å². The normalized spacial score (nSPS) is 10.7. The highest BCUT2D eigenvalue weighted by molar-refractivity contribution is 5.84. The summed E-state index contributed by atoms with van der Waals surface area (Å²) in [6.45, 7) is 7.30. The van der Waals surface area contributed by atoms with Crippen LogP contribution < -0.4 is 5.32 Å². The molecule has 4 heteroatoms. The Hall–Kier alpha value is -2.33. The molecule has 0 atom stereocenters. The molecule has 0 saturated carbocycles. The second-order valence-corrected chi connectivity index (χ2v) is 5.97. The average molecular weight is 340 g/mol. The van der Waals surface area contributed by atoms with Gasteiger partial charge in [-0.2, -0.15) is 0 Å². The van der Waals surface area contributed by atoms with E-state index in [1.165, 1.54) is 11.1 Å². The van der Waals surface area contributed by atoms with E-state index in [4.69, 9.17) is 4.74 Å². The number of carbonyl (C=O) groups excluding carboxylic acids is 1. The molecule has 0 heterocycles. The first-order chi connectivity index (χ1) is 12.2. The van der Waals surface area contributed by atoms with Gasteiger partial charge in [-0.1, -0.05) is 56.3 Å². The number of aryl methyl sites for hydroxylation is 2. The fourth-order valence-electron chi connectivity index (χ4n) is 2.70. The highest BCUT2D eigenvalue weighted by atomic mass is 16.5. The number of ether oxygens (including phenoxy) is 1. The van der Waals surface area contributed by atoms with Gasteiger partial charge < -0.3 is 9.64 Å². The van der Waals surface area contributed by atoms with Crippen molar-refractivity contribution < 1.29 is 9.53 Å². The quantitative estimate of drug-likeness (QED) is 0.737. The summed E-state index contributed by atoms with van der Waals surface area (Å²) in [5, 5.41) is 2.81. The SMILES string of the molecule is CCN(CC)CCOC(=O)Nc1cccc(CCc2ccccc2)c1. The maximum absolute atomic E-state index is 11.9. The van der Waals surface area contributed by atoms with Crippen LogP contribution in [0.15, 0.2) is 54.6 Å². The van der Waals surface area contributed by atoms with Crippen LogP contribution in [0.2, 0.25) is 0 Å². The van der Waals surface area contributed by atoms with Gasteiger partial charge in [0.15, 0.2) is 0 Å². The Balaban J connectivity index is 1.79. The third-order valence-electron chi connectivity index (χ3n) is 4.25.